The number of nitrogens with zero attached hydrogens (tertiary/aromatic N) is 2. The predicted octanol–water partition coefficient (Wildman–Crippen LogP) is 3.22. The van der Waals surface area contributed by atoms with Crippen molar-refractivity contribution < 1.29 is 18.6 Å². The first-order chi connectivity index (χ1) is 17.0. The van der Waals surface area contributed by atoms with Crippen LogP contribution in [0.1, 0.15) is 5.56 Å². The van der Waals surface area contributed by atoms with E-state index in [4.69, 9.17) is 26.4 Å². The number of benzene rings is 2. The van der Waals surface area contributed by atoms with E-state index in [9.17, 15) is 9.18 Å². The van der Waals surface area contributed by atoms with Crippen molar-refractivity contribution >= 4 is 33.9 Å². The largest absolute Gasteiger partial charge is 0.493 e. The number of fused-ring (bicyclic) bond motifs is 1. The van der Waals surface area contributed by atoms with Crippen molar-refractivity contribution in [1.29, 1.82) is 0 Å². The van der Waals surface area contributed by atoms with Crippen molar-refractivity contribution in [2.45, 2.75) is 6.54 Å². The van der Waals surface area contributed by atoms with Crippen LogP contribution < -0.4 is 20.3 Å². The third-order valence-corrected chi connectivity index (χ3v) is 6.32. The lowest BCUT2D eigenvalue weighted by Crippen LogP contribution is -2.44. The second-order valence-corrected chi connectivity index (χ2v) is 8.62. The van der Waals surface area contributed by atoms with Gasteiger partial charge in [-0.05, 0) is 48.6 Å². The van der Waals surface area contributed by atoms with E-state index in [1.54, 1.807) is 32.4 Å². The van der Waals surface area contributed by atoms with Crippen LogP contribution >= 0.6 is 12.2 Å². The molecule has 1 aliphatic rings. The number of nitrogens with one attached hydrogen (secondary N) is 2. The number of pyridine rings is 1. The summed E-state index contributed by atoms with van der Waals surface area (Å²) < 4.78 is 29.5. The molecule has 1 saturated heterocycles. The number of ether oxygens (including phenoxy) is 3. The molecule has 8 nitrogen and oxygen atoms in total. The second-order valence-electron chi connectivity index (χ2n) is 8.23. The normalized spacial score (nSPS) is 14.0. The molecule has 0 radical (unpaired) electrons. The first kappa shape index (κ1) is 24.9. The molecule has 10 heteroatoms. The number of hydrogen-bond donors (Lipinski definition) is 2. The number of aromatic nitrogens is 1. The number of methoxy groups -OCH3 is 2. The van der Waals surface area contributed by atoms with Crippen molar-refractivity contribution in [1.82, 2.24) is 14.8 Å². The number of thiocarbonyl (C=S) groups is 1. The lowest BCUT2D eigenvalue weighted by molar-refractivity contribution is 0.0358. The van der Waals surface area contributed by atoms with E-state index in [0.717, 1.165) is 25.0 Å². The number of anilines is 1. The van der Waals surface area contributed by atoms with Crippen LogP contribution in [-0.4, -0.2) is 73.5 Å². The van der Waals surface area contributed by atoms with Crippen LogP contribution in [-0.2, 0) is 11.3 Å². The molecule has 1 aliphatic heterocycles. The molecule has 0 unspecified atom stereocenters. The summed E-state index contributed by atoms with van der Waals surface area (Å²) in [6, 6.07) is 11.4. The van der Waals surface area contributed by atoms with E-state index in [2.05, 4.69) is 15.2 Å². The monoisotopic (exact) mass is 500 g/mol. The van der Waals surface area contributed by atoms with E-state index in [0.29, 0.717) is 59.7 Å². The lowest BCUT2D eigenvalue weighted by atomic mass is 10.1. The van der Waals surface area contributed by atoms with E-state index in [1.807, 2.05) is 17.0 Å². The number of halogens is 1. The zero-order valence-corrected chi connectivity index (χ0v) is 20.6. The summed E-state index contributed by atoms with van der Waals surface area (Å²) in [5, 5.41) is 4.44. The topological polar surface area (TPSA) is 79.1 Å². The van der Waals surface area contributed by atoms with Crippen molar-refractivity contribution in [3.8, 4) is 11.5 Å². The van der Waals surface area contributed by atoms with Gasteiger partial charge in [-0.2, -0.15) is 0 Å². The average Bonchev–Trinajstić information content (AvgIpc) is 2.87. The maximum absolute atomic E-state index is 13.3. The van der Waals surface area contributed by atoms with Crippen LogP contribution in [0.15, 0.2) is 47.3 Å². The van der Waals surface area contributed by atoms with Crippen LogP contribution in [0.25, 0.3) is 10.9 Å². The lowest BCUT2D eigenvalue weighted by Gasteiger charge is -2.31. The molecule has 2 aromatic carbocycles. The Morgan fingerprint density at radius 3 is 2.51 bits per heavy atom. The fourth-order valence-corrected chi connectivity index (χ4v) is 4.25. The summed E-state index contributed by atoms with van der Waals surface area (Å²) in [5.41, 5.74) is 1.70. The van der Waals surface area contributed by atoms with Crippen LogP contribution in [0.3, 0.4) is 0 Å². The SMILES string of the molecule is COc1cc2cc(CN(CCN3CCOCC3)C(=S)Nc3ccc(F)cc3)c(=O)[nH]c2cc1OC. The predicted molar refractivity (Wildman–Crippen MR) is 138 cm³/mol. The Labute approximate surface area is 208 Å². The van der Waals surface area contributed by atoms with Gasteiger partial charge in [-0.3, -0.25) is 9.69 Å². The van der Waals surface area contributed by atoms with E-state index < -0.39 is 0 Å². The minimum atomic E-state index is -0.319. The van der Waals surface area contributed by atoms with Gasteiger partial charge in [-0.25, -0.2) is 4.39 Å². The Morgan fingerprint density at radius 2 is 1.83 bits per heavy atom. The fourth-order valence-electron chi connectivity index (χ4n) is 3.98. The summed E-state index contributed by atoms with van der Waals surface area (Å²) in [5.74, 6) is 0.802. The standard InChI is InChI=1S/C25H29FN4O4S/c1-32-22-14-17-13-18(24(31)28-21(17)15-23(22)33-2)16-30(8-7-29-9-11-34-12-10-29)25(35)27-20-5-3-19(26)4-6-20/h3-6,13-15H,7-12,16H2,1-2H3,(H,27,35)(H,28,31). The molecule has 0 spiro atoms. The highest BCUT2D eigenvalue weighted by Crippen LogP contribution is 2.31. The molecule has 2 N–H and O–H groups in total. The Balaban J connectivity index is 1.58. The highest BCUT2D eigenvalue weighted by atomic mass is 32.1. The number of rotatable bonds is 8. The Hall–Kier alpha value is -3.21. The van der Waals surface area contributed by atoms with Gasteiger partial charge in [0.15, 0.2) is 16.6 Å². The number of morpholine rings is 1. The highest BCUT2D eigenvalue weighted by molar-refractivity contribution is 7.80. The molecule has 0 bridgehead atoms. The molecular formula is C25H29FN4O4S. The quantitative estimate of drug-likeness (QED) is 0.457. The third kappa shape index (κ3) is 6.27. The number of aromatic amines is 1. The third-order valence-electron chi connectivity index (χ3n) is 5.96. The molecule has 1 fully saturated rings. The molecule has 3 aromatic rings. The van der Waals surface area contributed by atoms with Crippen molar-refractivity contribution in [3.05, 3.63) is 64.2 Å². The van der Waals surface area contributed by atoms with E-state index >= 15 is 0 Å². The molecule has 0 amide bonds. The van der Waals surface area contributed by atoms with Crippen molar-refractivity contribution in [2.75, 3.05) is 58.9 Å². The van der Waals surface area contributed by atoms with Gasteiger partial charge in [-0.1, -0.05) is 0 Å². The maximum Gasteiger partial charge on any atom is 0.253 e. The van der Waals surface area contributed by atoms with E-state index in [1.165, 1.54) is 12.1 Å². The molecule has 0 aliphatic carbocycles. The van der Waals surface area contributed by atoms with Gasteiger partial charge in [0.25, 0.3) is 5.56 Å². The molecule has 0 saturated carbocycles. The van der Waals surface area contributed by atoms with Crippen LogP contribution in [0.4, 0.5) is 10.1 Å². The molecule has 4 rings (SSSR count). The zero-order chi connectivity index (χ0) is 24.8. The summed E-state index contributed by atoms with van der Waals surface area (Å²) >= 11 is 5.70. The molecule has 35 heavy (non-hydrogen) atoms. The van der Waals surface area contributed by atoms with Crippen molar-refractivity contribution in [2.24, 2.45) is 0 Å². The summed E-state index contributed by atoms with van der Waals surface area (Å²) in [6.45, 7) is 4.79. The van der Waals surface area contributed by atoms with Gasteiger partial charge in [-0.15, -0.1) is 0 Å². The van der Waals surface area contributed by atoms with E-state index in [-0.39, 0.29) is 11.4 Å². The smallest absolute Gasteiger partial charge is 0.253 e. The second kappa shape index (κ2) is 11.5. The first-order valence-corrected chi connectivity index (χ1v) is 11.8. The molecular weight excluding hydrogens is 471 g/mol. The number of H-pyrrole nitrogens is 1. The Morgan fingerprint density at radius 1 is 1.14 bits per heavy atom. The molecule has 2 heterocycles. The minimum absolute atomic E-state index is 0.203. The van der Waals surface area contributed by atoms with Gasteiger partial charge in [0.05, 0.1) is 39.5 Å². The molecule has 1 aromatic heterocycles. The maximum atomic E-state index is 13.3. The summed E-state index contributed by atoms with van der Waals surface area (Å²) in [6.07, 6.45) is 0. The van der Waals surface area contributed by atoms with Gasteiger partial charge in [0.2, 0.25) is 0 Å². The van der Waals surface area contributed by atoms with Gasteiger partial charge < -0.3 is 29.4 Å². The average molecular weight is 501 g/mol. The molecule has 0 atom stereocenters. The van der Waals surface area contributed by atoms with Gasteiger partial charge in [0.1, 0.15) is 5.82 Å². The van der Waals surface area contributed by atoms with Gasteiger partial charge >= 0.3 is 0 Å². The summed E-state index contributed by atoms with van der Waals surface area (Å²) in [4.78, 5) is 20.2. The Bertz CT molecular complexity index is 1230. The van der Waals surface area contributed by atoms with Crippen molar-refractivity contribution in [3.63, 3.8) is 0 Å². The molecule has 186 valence electrons. The first-order valence-electron chi connectivity index (χ1n) is 11.4. The van der Waals surface area contributed by atoms with Gasteiger partial charge in [0, 0.05) is 48.9 Å². The van der Waals surface area contributed by atoms with Crippen LogP contribution in [0.2, 0.25) is 0 Å². The highest BCUT2D eigenvalue weighted by Gasteiger charge is 2.18. The number of hydrogen-bond acceptors (Lipinski definition) is 6. The minimum Gasteiger partial charge on any atom is -0.493 e. The fraction of sp³-hybridized carbons (Fsp3) is 0.360. The van der Waals surface area contributed by atoms with Crippen LogP contribution in [0.5, 0.6) is 11.5 Å². The van der Waals surface area contributed by atoms with Crippen LogP contribution in [0, 0.1) is 5.82 Å². The Kier molecular flexibility index (Phi) is 8.17. The summed E-state index contributed by atoms with van der Waals surface area (Å²) in [7, 11) is 3.13. The zero-order valence-electron chi connectivity index (χ0n) is 19.8.